The molecule has 0 fully saturated rings. The van der Waals surface area contributed by atoms with Crippen LogP contribution >= 0.6 is 22.9 Å². The van der Waals surface area contributed by atoms with E-state index in [1.165, 1.54) is 16.2 Å². The Kier molecular flexibility index (Phi) is 3.36. The maximum absolute atomic E-state index is 12.5. The third kappa shape index (κ3) is 1.96. The van der Waals surface area contributed by atoms with Gasteiger partial charge in [0.25, 0.3) is 11.8 Å². The number of hydrogen-bond acceptors (Lipinski definition) is 3. The van der Waals surface area contributed by atoms with E-state index in [0.717, 1.165) is 4.88 Å². The first kappa shape index (κ1) is 13.3. The lowest BCUT2D eigenvalue weighted by Crippen LogP contribution is -2.33. The van der Waals surface area contributed by atoms with Crippen LogP contribution in [-0.2, 0) is 0 Å². The molecule has 1 unspecified atom stereocenters. The molecule has 1 aliphatic heterocycles. The lowest BCUT2D eigenvalue weighted by Gasteiger charge is -2.24. The van der Waals surface area contributed by atoms with Gasteiger partial charge in [-0.3, -0.25) is 14.5 Å². The Morgan fingerprint density at radius 2 is 1.70 bits per heavy atom. The van der Waals surface area contributed by atoms with Crippen LogP contribution in [0.25, 0.3) is 0 Å². The van der Waals surface area contributed by atoms with E-state index in [0.29, 0.717) is 21.9 Å². The summed E-state index contributed by atoms with van der Waals surface area (Å²) >= 11 is 7.37. The SMILES string of the molecule is CCC(c1ccc(Cl)s1)N1C(=O)c2ccccc2C1=O. The summed E-state index contributed by atoms with van der Waals surface area (Å²) in [5, 5.41) is 0. The fourth-order valence-electron chi connectivity index (χ4n) is 2.51. The van der Waals surface area contributed by atoms with E-state index < -0.39 is 0 Å². The zero-order valence-corrected chi connectivity index (χ0v) is 12.4. The van der Waals surface area contributed by atoms with Gasteiger partial charge in [0, 0.05) is 4.88 Å². The molecule has 0 spiro atoms. The fraction of sp³-hybridized carbons (Fsp3) is 0.200. The monoisotopic (exact) mass is 305 g/mol. The van der Waals surface area contributed by atoms with E-state index in [4.69, 9.17) is 11.6 Å². The molecule has 1 aromatic heterocycles. The summed E-state index contributed by atoms with van der Waals surface area (Å²) in [6.45, 7) is 1.96. The van der Waals surface area contributed by atoms with Gasteiger partial charge >= 0.3 is 0 Å². The lowest BCUT2D eigenvalue weighted by molar-refractivity contribution is 0.0580. The third-order valence-corrected chi connectivity index (χ3v) is 4.78. The third-order valence-electron chi connectivity index (χ3n) is 3.45. The molecule has 3 rings (SSSR count). The van der Waals surface area contributed by atoms with Crippen molar-refractivity contribution in [2.75, 3.05) is 0 Å². The maximum atomic E-state index is 12.5. The van der Waals surface area contributed by atoms with Crippen molar-refractivity contribution in [1.82, 2.24) is 4.90 Å². The zero-order valence-electron chi connectivity index (χ0n) is 10.8. The number of carbonyl (C=O) groups is 2. The Labute approximate surface area is 125 Å². The van der Waals surface area contributed by atoms with Gasteiger partial charge in [0.15, 0.2) is 0 Å². The molecular formula is C15H12ClNO2S. The summed E-state index contributed by atoms with van der Waals surface area (Å²) in [5.74, 6) is -0.441. The van der Waals surface area contributed by atoms with Crippen LogP contribution in [0.4, 0.5) is 0 Å². The van der Waals surface area contributed by atoms with Crippen LogP contribution in [-0.4, -0.2) is 16.7 Å². The van der Waals surface area contributed by atoms with E-state index in [2.05, 4.69) is 0 Å². The summed E-state index contributed by atoms with van der Waals surface area (Å²) < 4.78 is 0.662. The number of halogens is 1. The number of rotatable bonds is 3. The lowest BCUT2D eigenvalue weighted by atomic mass is 10.1. The minimum Gasteiger partial charge on any atom is -0.269 e. The number of benzene rings is 1. The predicted octanol–water partition coefficient (Wildman–Crippen LogP) is 4.15. The number of amides is 2. The molecule has 2 aromatic rings. The highest BCUT2D eigenvalue weighted by Gasteiger charge is 2.40. The van der Waals surface area contributed by atoms with Crippen LogP contribution < -0.4 is 0 Å². The topological polar surface area (TPSA) is 37.4 Å². The molecule has 0 saturated carbocycles. The molecule has 0 N–H and O–H groups in total. The van der Waals surface area contributed by atoms with Crippen molar-refractivity contribution < 1.29 is 9.59 Å². The smallest absolute Gasteiger partial charge is 0.262 e. The van der Waals surface area contributed by atoms with Crippen molar-refractivity contribution in [3.8, 4) is 0 Å². The van der Waals surface area contributed by atoms with Crippen LogP contribution in [0.1, 0.15) is 45.0 Å². The number of carbonyl (C=O) groups excluding carboxylic acids is 2. The second-order valence-electron chi connectivity index (χ2n) is 4.59. The molecule has 3 nitrogen and oxygen atoms in total. The molecule has 0 aliphatic carbocycles. The van der Waals surface area contributed by atoms with Crippen molar-refractivity contribution in [3.05, 3.63) is 56.7 Å². The van der Waals surface area contributed by atoms with Crippen molar-refractivity contribution in [3.63, 3.8) is 0 Å². The molecular weight excluding hydrogens is 294 g/mol. The van der Waals surface area contributed by atoms with Gasteiger partial charge in [-0.2, -0.15) is 0 Å². The molecule has 0 radical (unpaired) electrons. The minimum absolute atomic E-state index is 0.220. The van der Waals surface area contributed by atoms with Crippen molar-refractivity contribution in [2.45, 2.75) is 19.4 Å². The number of fused-ring (bicyclic) bond motifs is 1. The molecule has 0 bridgehead atoms. The normalized spacial score (nSPS) is 15.6. The largest absolute Gasteiger partial charge is 0.269 e. The van der Waals surface area contributed by atoms with Gasteiger partial charge in [-0.1, -0.05) is 30.7 Å². The highest BCUT2D eigenvalue weighted by Crippen LogP contribution is 2.37. The standard InChI is InChI=1S/C15H12ClNO2S/c1-2-11(12-7-8-13(16)20-12)17-14(18)9-5-3-4-6-10(9)15(17)19/h3-8,11H,2H2,1H3. The first-order valence-corrected chi connectivity index (χ1v) is 7.55. The van der Waals surface area contributed by atoms with Gasteiger partial charge in [-0.05, 0) is 30.7 Å². The van der Waals surface area contributed by atoms with Crippen LogP contribution in [0.5, 0.6) is 0 Å². The molecule has 5 heteroatoms. The van der Waals surface area contributed by atoms with Gasteiger partial charge in [0.2, 0.25) is 0 Å². The predicted molar refractivity (Wildman–Crippen MR) is 79.3 cm³/mol. The average Bonchev–Trinajstić information content (AvgIpc) is 2.98. The molecule has 1 aliphatic rings. The van der Waals surface area contributed by atoms with E-state index in [9.17, 15) is 9.59 Å². The van der Waals surface area contributed by atoms with Crippen molar-refractivity contribution >= 4 is 34.8 Å². The van der Waals surface area contributed by atoms with Gasteiger partial charge in [0.05, 0.1) is 21.5 Å². The first-order chi connectivity index (χ1) is 9.63. The van der Waals surface area contributed by atoms with Gasteiger partial charge in [0.1, 0.15) is 0 Å². The zero-order chi connectivity index (χ0) is 14.3. The van der Waals surface area contributed by atoms with Crippen LogP contribution in [0, 0.1) is 0 Å². The van der Waals surface area contributed by atoms with E-state index in [-0.39, 0.29) is 17.9 Å². The van der Waals surface area contributed by atoms with Crippen LogP contribution in [0.3, 0.4) is 0 Å². The van der Waals surface area contributed by atoms with Gasteiger partial charge < -0.3 is 0 Å². The van der Waals surface area contributed by atoms with Gasteiger partial charge in [-0.25, -0.2) is 0 Å². The Morgan fingerprint density at radius 1 is 1.10 bits per heavy atom. The highest BCUT2D eigenvalue weighted by molar-refractivity contribution is 7.16. The van der Waals surface area contributed by atoms with E-state index >= 15 is 0 Å². The highest BCUT2D eigenvalue weighted by atomic mass is 35.5. The number of imide groups is 1. The number of thiophene rings is 1. The second kappa shape index (κ2) is 5.04. The fourth-order valence-corrected chi connectivity index (χ4v) is 3.75. The maximum Gasteiger partial charge on any atom is 0.262 e. The Bertz CT molecular complexity index is 660. The Hall–Kier alpha value is -1.65. The minimum atomic E-state index is -0.250. The quantitative estimate of drug-likeness (QED) is 0.799. The summed E-state index contributed by atoms with van der Waals surface area (Å²) in [6, 6.07) is 10.4. The van der Waals surface area contributed by atoms with E-state index in [1.807, 2.05) is 13.0 Å². The van der Waals surface area contributed by atoms with Crippen molar-refractivity contribution in [1.29, 1.82) is 0 Å². The van der Waals surface area contributed by atoms with Crippen LogP contribution in [0.15, 0.2) is 36.4 Å². The average molecular weight is 306 g/mol. The Balaban J connectivity index is 2.03. The van der Waals surface area contributed by atoms with E-state index in [1.54, 1.807) is 30.3 Å². The molecule has 1 aromatic carbocycles. The molecule has 2 heterocycles. The summed E-state index contributed by atoms with van der Waals surface area (Å²) in [4.78, 5) is 27.2. The summed E-state index contributed by atoms with van der Waals surface area (Å²) in [5.41, 5.74) is 0.970. The summed E-state index contributed by atoms with van der Waals surface area (Å²) in [7, 11) is 0. The summed E-state index contributed by atoms with van der Waals surface area (Å²) in [6.07, 6.45) is 0.669. The number of nitrogens with zero attached hydrogens (tertiary/aromatic N) is 1. The molecule has 2 amide bonds. The number of hydrogen-bond donors (Lipinski definition) is 0. The van der Waals surface area contributed by atoms with Crippen LogP contribution in [0.2, 0.25) is 4.34 Å². The Morgan fingerprint density at radius 3 is 2.15 bits per heavy atom. The molecule has 0 saturated heterocycles. The first-order valence-electron chi connectivity index (χ1n) is 6.35. The molecule has 102 valence electrons. The van der Waals surface area contributed by atoms with Gasteiger partial charge in [-0.15, -0.1) is 11.3 Å². The van der Waals surface area contributed by atoms with Crippen molar-refractivity contribution in [2.24, 2.45) is 0 Å². The second-order valence-corrected chi connectivity index (χ2v) is 6.34. The molecule has 20 heavy (non-hydrogen) atoms. The molecule has 1 atom stereocenters.